The molecule has 1 heterocycles. The van der Waals surface area contributed by atoms with Gasteiger partial charge in [0.15, 0.2) is 0 Å². The third-order valence-corrected chi connectivity index (χ3v) is 2.83. The van der Waals surface area contributed by atoms with Crippen molar-refractivity contribution >= 4 is 6.21 Å². The van der Waals surface area contributed by atoms with Crippen LogP contribution in [0.2, 0.25) is 0 Å². The Morgan fingerprint density at radius 2 is 2.06 bits per heavy atom. The number of nitrogens with one attached hydrogen (secondary N) is 1. The third-order valence-electron chi connectivity index (χ3n) is 2.83. The summed E-state index contributed by atoms with van der Waals surface area (Å²) in [6.45, 7) is 2.06. The fourth-order valence-electron chi connectivity index (χ4n) is 1.87. The molecule has 0 radical (unpaired) electrons. The second-order valence-electron chi connectivity index (χ2n) is 4.18. The highest BCUT2D eigenvalue weighted by Crippen LogP contribution is 2.08. The number of aliphatic imine (C=N–C) groups is 1. The van der Waals surface area contributed by atoms with Crippen molar-refractivity contribution in [3.05, 3.63) is 35.6 Å². The zero-order valence-electron chi connectivity index (χ0n) is 9.32. The third kappa shape index (κ3) is 3.42. The zero-order valence-corrected chi connectivity index (χ0v) is 9.32. The quantitative estimate of drug-likeness (QED) is 0.760. The van der Waals surface area contributed by atoms with E-state index >= 15 is 0 Å². The van der Waals surface area contributed by atoms with E-state index < -0.39 is 0 Å². The van der Waals surface area contributed by atoms with Crippen LogP contribution in [0.1, 0.15) is 24.8 Å². The van der Waals surface area contributed by atoms with Gasteiger partial charge in [-0.3, -0.25) is 4.99 Å². The molecule has 0 aliphatic carbocycles. The van der Waals surface area contributed by atoms with Crippen molar-refractivity contribution in [2.45, 2.75) is 25.3 Å². The van der Waals surface area contributed by atoms with Crippen LogP contribution in [-0.2, 0) is 0 Å². The SMILES string of the molecule is Fc1ccc(/C=N/[C@@H]2CCCCNC2)cc1. The van der Waals surface area contributed by atoms with E-state index in [2.05, 4.69) is 10.3 Å². The highest BCUT2D eigenvalue weighted by atomic mass is 19.1. The van der Waals surface area contributed by atoms with Gasteiger partial charge in [0.2, 0.25) is 0 Å². The number of hydrogen-bond donors (Lipinski definition) is 1. The van der Waals surface area contributed by atoms with Crippen LogP contribution in [0.5, 0.6) is 0 Å². The molecule has 1 fully saturated rings. The molecule has 0 amide bonds. The summed E-state index contributed by atoms with van der Waals surface area (Å²) in [5, 5.41) is 3.37. The Balaban J connectivity index is 1.94. The van der Waals surface area contributed by atoms with Crippen LogP contribution < -0.4 is 5.32 Å². The lowest BCUT2D eigenvalue weighted by atomic mass is 10.1. The van der Waals surface area contributed by atoms with Crippen LogP contribution in [0, 0.1) is 5.82 Å². The van der Waals surface area contributed by atoms with E-state index in [9.17, 15) is 4.39 Å². The summed E-state index contributed by atoms with van der Waals surface area (Å²) in [5.41, 5.74) is 0.964. The normalized spacial score (nSPS) is 22.2. The highest BCUT2D eigenvalue weighted by molar-refractivity contribution is 5.79. The summed E-state index contributed by atoms with van der Waals surface area (Å²) in [6.07, 6.45) is 5.46. The smallest absolute Gasteiger partial charge is 0.123 e. The van der Waals surface area contributed by atoms with E-state index in [0.29, 0.717) is 6.04 Å². The molecular formula is C13H17FN2. The molecule has 1 aromatic carbocycles. The molecule has 0 spiro atoms. The average molecular weight is 220 g/mol. The van der Waals surface area contributed by atoms with E-state index in [0.717, 1.165) is 25.1 Å². The van der Waals surface area contributed by atoms with Crippen molar-refractivity contribution in [3.8, 4) is 0 Å². The first-order chi connectivity index (χ1) is 7.84. The molecule has 1 aliphatic rings. The highest BCUT2D eigenvalue weighted by Gasteiger charge is 2.08. The molecule has 2 nitrogen and oxygen atoms in total. The molecule has 0 unspecified atom stereocenters. The lowest BCUT2D eigenvalue weighted by molar-refractivity contribution is 0.605. The summed E-state index contributed by atoms with van der Waals surface area (Å²) in [5.74, 6) is -0.201. The number of nitrogens with zero attached hydrogens (tertiary/aromatic N) is 1. The molecule has 1 atom stereocenters. The van der Waals surface area contributed by atoms with Crippen LogP contribution >= 0.6 is 0 Å². The maximum Gasteiger partial charge on any atom is 0.123 e. The fraction of sp³-hybridized carbons (Fsp3) is 0.462. The summed E-state index contributed by atoms with van der Waals surface area (Å²) < 4.78 is 12.7. The molecule has 0 bridgehead atoms. The van der Waals surface area contributed by atoms with E-state index in [1.807, 2.05) is 6.21 Å². The minimum atomic E-state index is -0.201. The van der Waals surface area contributed by atoms with Crippen molar-refractivity contribution in [2.75, 3.05) is 13.1 Å². The van der Waals surface area contributed by atoms with Gasteiger partial charge in [0.05, 0.1) is 6.04 Å². The van der Waals surface area contributed by atoms with Crippen molar-refractivity contribution in [2.24, 2.45) is 4.99 Å². The standard InChI is InChI=1S/C13H17FN2/c14-12-6-4-11(5-7-12)9-16-13-3-1-2-8-15-10-13/h4-7,9,13,15H,1-3,8,10H2/b16-9+/t13-/m1/s1. The Hall–Kier alpha value is -1.22. The first-order valence-corrected chi connectivity index (χ1v) is 5.84. The minimum Gasteiger partial charge on any atom is -0.315 e. The van der Waals surface area contributed by atoms with E-state index in [1.54, 1.807) is 12.1 Å². The molecule has 86 valence electrons. The minimum absolute atomic E-state index is 0.201. The van der Waals surface area contributed by atoms with Gasteiger partial charge < -0.3 is 5.32 Å². The van der Waals surface area contributed by atoms with Crippen LogP contribution in [0.3, 0.4) is 0 Å². The lowest BCUT2D eigenvalue weighted by Gasteiger charge is -2.07. The summed E-state index contributed by atoms with van der Waals surface area (Å²) >= 11 is 0. The van der Waals surface area contributed by atoms with Gasteiger partial charge >= 0.3 is 0 Å². The molecule has 3 heteroatoms. The molecule has 0 aromatic heterocycles. The Kier molecular flexibility index (Phi) is 4.05. The summed E-state index contributed by atoms with van der Waals surface area (Å²) in [6, 6.07) is 6.80. The maximum atomic E-state index is 12.7. The molecule has 2 rings (SSSR count). The Morgan fingerprint density at radius 3 is 2.88 bits per heavy atom. The number of benzene rings is 1. The predicted octanol–water partition coefficient (Wildman–Crippen LogP) is 2.39. The fourth-order valence-corrected chi connectivity index (χ4v) is 1.87. The monoisotopic (exact) mass is 220 g/mol. The maximum absolute atomic E-state index is 12.7. The predicted molar refractivity (Wildman–Crippen MR) is 64.5 cm³/mol. The summed E-state index contributed by atoms with van der Waals surface area (Å²) in [4.78, 5) is 4.53. The second-order valence-corrected chi connectivity index (χ2v) is 4.18. The Bertz CT molecular complexity index is 337. The molecule has 1 saturated heterocycles. The van der Waals surface area contributed by atoms with Gasteiger partial charge in [-0.25, -0.2) is 4.39 Å². The first-order valence-electron chi connectivity index (χ1n) is 5.84. The molecule has 1 aliphatic heterocycles. The van der Waals surface area contributed by atoms with Gasteiger partial charge in [0, 0.05) is 12.8 Å². The van der Waals surface area contributed by atoms with Gasteiger partial charge in [-0.2, -0.15) is 0 Å². The van der Waals surface area contributed by atoms with Crippen molar-refractivity contribution in [1.82, 2.24) is 5.32 Å². The Labute approximate surface area is 95.6 Å². The van der Waals surface area contributed by atoms with E-state index in [1.165, 1.54) is 25.0 Å². The average Bonchev–Trinajstić information content (AvgIpc) is 2.57. The molecule has 1 aromatic rings. The van der Waals surface area contributed by atoms with Crippen LogP contribution in [-0.4, -0.2) is 25.3 Å². The molecule has 16 heavy (non-hydrogen) atoms. The Morgan fingerprint density at radius 1 is 1.25 bits per heavy atom. The van der Waals surface area contributed by atoms with Crippen molar-refractivity contribution < 1.29 is 4.39 Å². The first kappa shape index (κ1) is 11.3. The van der Waals surface area contributed by atoms with E-state index in [4.69, 9.17) is 0 Å². The molecular weight excluding hydrogens is 203 g/mol. The topological polar surface area (TPSA) is 24.4 Å². The van der Waals surface area contributed by atoms with Gasteiger partial charge in [0.25, 0.3) is 0 Å². The molecule has 1 N–H and O–H groups in total. The number of rotatable bonds is 2. The second kappa shape index (κ2) is 5.75. The van der Waals surface area contributed by atoms with Crippen LogP contribution in [0.25, 0.3) is 0 Å². The van der Waals surface area contributed by atoms with Crippen LogP contribution in [0.15, 0.2) is 29.3 Å². The van der Waals surface area contributed by atoms with Gasteiger partial charge in [0.1, 0.15) is 5.82 Å². The molecule has 0 saturated carbocycles. The lowest BCUT2D eigenvalue weighted by Crippen LogP contribution is -2.23. The largest absolute Gasteiger partial charge is 0.315 e. The van der Waals surface area contributed by atoms with Gasteiger partial charge in [-0.15, -0.1) is 0 Å². The van der Waals surface area contributed by atoms with E-state index in [-0.39, 0.29) is 5.82 Å². The van der Waals surface area contributed by atoms with Crippen molar-refractivity contribution in [1.29, 1.82) is 0 Å². The number of hydrogen-bond acceptors (Lipinski definition) is 2. The number of halogens is 1. The van der Waals surface area contributed by atoms with Crippen LogP contribution in [0.4, 0.5) is 4.39 Å². The zero-order chi connectivity index (χ0) is 11.2. The van der Waals surface area contributed by atoms with Gasteiger partial charge in [-0.05, 0) is 37.1 Å². The van der Waals surface area contributed by atoms with Crippen molar-refractivity contribution in [3.63, 3.8) is 0 Å². The summed E-state index contributed by atoms with van der Waals surface area (Å²) in [7, 11) is 0. The van der Waals surface area contributed by atoms with Gasteiger partial charge in [-0.1, -0.05) is 18.6 Å².